The average Bonchev–Trinajstić information content (AvgIpc) is 2.73. The Bertz CT molecular complexity index is 675. The van der Waals surface area contributed by atoms with Crippen LogP contribution in [0.4, 0.5) is 8.78 Å². The van der Waals surface area contributed by atoms with Crippen molar-refractivity contribution in [1.29, 1.82) is 0 Å². The number of nitrogens with zero attached hydrogens (tertiary/aromatic N) is 2. The maximum Gasteiger partial charge on any atom is 0.354 e. The fourth-order valence-corrected chi connectivity index (χ4v) is 1.67. The molecule has 0 spiro atoms. The van der Waals surface area contributed by atoms with Crippen LogP contribution in [0.25, 0.3) is 11.3 Å². The van der Waals surface area contributed by atoms with Crippen LogP contribution in [-0.4, -0.2) is 26.0 Å². The summed E-state index contributed by atoms with van der Waals surface area (Å²) in [5, 5.41) is 9.16. The summed E-state index contributed by atoms with van der Waals surface area (Å²) in [6.45, 7) is 5.50. The second-order valence-corrected chi connectivity index (χ2v) is 5.34. The van der Waals surface area contributed by atoms with E-state index in [0.29, 0.717) is 5.82 Å². The summed E-state index contributed by atoms with van der Waals surface area (Å²) in [5.41, 5.74) is -0.933. The second kappa shape index (κ2) is 4.66. The van der Waals surface area contributed by atoms with Gasteiger partial charge in [-0.05, 0) is 12.1 Å². The van der Waals surface area contributed by atoms with Crippen LogP contribution in [0.3, 0.4) is 0 Å². The number of carbonyl (C=O) groups is 1. The molecule has 0 unspecified atom stereocenters. The molecule has 2 heterocycles. The minimum absolute atomic E-state index is 0.0903. The molecule has 106 valence electrons. The molecule has 20 heavy (non-hydrogen) atoms. The molecule has 0 aliphatic carbocycles. The van der Waals surface area contributed by atoms with E-state index in [1.54, 1.807) is 0 Å². The third kappa shape index (κ3) is 2.52. The van der Waals surface area contributed by atoms with Crippen molar-refractivity contribution in [3.8, 4) is 11.3 Å². The SMILES string of the molecule is CC(C)(C)c1nc(-c2ccc(F)nc2F)c(C(=O)O)[nH]1. The van der Waals surface area contributed by atoms with Crippen molar-refractivity contribution >= 4 is 5.97 Å². The molecular weight excluding hydrogens is 268 g/mol. The van der Waals surface area contributed by atoms with E-state index < -0.39 is 23.3 Å². The van der Waals surface area contributed by atoms with Crippen molar-refractivity contribution < 1.29 is 18.7 Å². The summed E-state index contributed by atoms with van der Waals surface area (Å²) >= 11 is 0. The van der Waals surface area contributed by atoms with Gasteiger partial charge in [-0.3, -0.25) is 0 Å². The second-order valence-electron chi connectivity index (χ2n) is 5.34. The lowest BCUT2D eigenvalue weighted by Gasteiger charge is -2.13. The topological polar surface area (TPSA) is 78.9 Å². The van der Waals surface area contributed by atoms with Crippen molar-refractivity contribution in [3.63, 3.8) is 0 Å². The van der Waals surface area contributed by atoms with Crippen LogP contribution in [-0.2, 0) is 5.41 Å². The number of halogens is 2. The van der Waals surface area contributed by atoms with Crippen molar-refractivity contribution in [2.45, 2.75) is 26.2 Å². The number of hydrogen-bond acceptors (Lipinski definition) is 3. The molecule has 2 rings (SSSR count). The molecular formula is C13H13F2N3O2. The fourth-order valence-electron chi connectivity index (χ4n) is 1.67. The van der Waals surface area contributed by atoms with Gasteiger partial charge in [0.25, 0.3) is 0 Å². The van der Waals surface area contributed by atoms with E-state index in [-0.39, 0.29) is 17.0 Å². The first kappa shape index (κ1) is 14.1. The third-order valence-corrected chi connectivity index (χ3v) is 2.70. The van der Waals surface area contributed by atoms with Crippen LogP contribution in [0.1, 0.15) is 37.1 Å². The Morgan fingerprint density at radius 1 is 1.25 bits per heavy atom. The Balaban J connectivity index is 2.66. The van der Waals surface area contributed by atoms with Crippen LogP contribution < -0.4 is 0 Å². The molecule has 5 nitrogen and oxygen atoms in total. The van der Waals surface area contributed by atoms with Gasteiger partial charge in [-0.15, -0.1) is 0 Å². The van der Waals surface area contributed by atoms with E-state index in [0.717, 1.165) is 12.1 Å². The van der Waals surface area contributed by atoms with E-state index >= 15 is 0 Å². The van der Waals surface area contributed by atoms with Gasteiger partial charge in [-0.25, -0.2) is 9.78 Å². The Hall–Kier alpha value is -2.31. The van der Waals surface area contributed by atoms with Gasteiger partial charge in [0.1, 0.15) is 11.5 Å². The quantitative estimate of drug-likeness (QED) is 0.829. The standard InChI is InChI=1S/C13H13F2N3O2/c1-13(2,3)12-17-8(9(18-12)11(19)20)6-4-5-7(14)16-10(6)15/h4-5H,1-3H3,(H,17,18)(H,19,20). The highest BCUT2D eigenvalue weighted by Gasteiger charge is 2.26. The van der Waals surface area contributed by atoms with Crippen molar-refractivity contribution in [3.05, 3.63) is 35.5 Å². The maximum absolute atomic E-state index is 13.7. The molecule has 7 heteroatoms. The van der Waals surface area contributed by atoms with Gasteiger partial charge in [-0.1, -0.05) is 20.8 Å². The number of aromatic carboxylic acids is 1. The lowest BCUT2D eigenvalue weighted by atomic mass is 9.96. The summed E-state index contributed by atoms with van der Waals surface area (Å²) in [4.78, 5) is 21.1. The molecule has 2 N–H and O–H groups in total. The van der Waals surface area contributed by atoms with Crippen molar-refractivity contribution in [2.75, 3.05) is 0 Å². The van der Waals surface area contributed by atoms with E-state index in [4.69, 9.17) is 5.11 Å². The van der Waals surface area contributed by atoms with Crippen LogP contribution in [0.5, 0.6) is 0 Å². The number of imidazole rings is 1. The number of rotatable bonds is 2. The maximum atomic E-state index is 13.7. The number of carboxylic acid groups (broad SMARTS) is 1. The monoisotopic (exact) mass is 281 g/mol. The number of aromatic amines is 1. The first-order valence-electron chi connectivity index (χ1n) is 5.86. The number of aromatic nitrogens is 3. The summed E-state index contributed by atoms with van der Waals surface area (Å²) < 4.78 is 26.5. The summed E-state index contributed by atoms with van der Waals surface area (Å²) in [5.74, 6) is -2.95. The van der Waals surface area contributed by atoms with Crippen LogP contribution in [0.2, 0.25) is 0 Å². The zero-order chi connectivity index (χ0) is 15.1. The zero-order valence-corrected chi connectivity index (χ0v) is 11.2. The predicted octanol–water partition coefficient (Wildman–Crippen LogP) is 2.75. The Morgan fingerprint density at radius 3 is 2.40 bits per heavy atom. The van der Waals surface area contributed by atoms with Gasteiger partial charge in [0, 0.05) is 5.41 Å². The van der Waals surface area contributed by atoms with E-state index in [2.05, 4.69) is 15.0 Å². The minimum Gasteiger partial charge on any atom is -0.477 e. The van der Waals surface area contributed by atoms with Gasteiger partial charge < -0.3 is 10.1 Å². The number of nitrogens with one attached hydrogen (secondary N) is 1. The number of H-pyrrole nitrogens is 1. The van der Waals surface area contributed by atoms with Gasteiger partial charge in [0.15, 0.2) is 5.69 Å². The highest BCUT2D eigenvalue weighted by molar-refractivity contribution is 5.93. The lowest BCUT2D eigenvalue weighted by molar-refractivity contribution is 0.0692. The zero-order valence-electron chi connectivity index (χ0n) is 11.2. The smallest absolute Gasteiger partial charge is 0.354 e. The van der Waals surface area contributed by atoms with E-state index in [1.165, 1.54) is 0 Å². The predicted molar refractivity (Wildman–Crippen MR) is 67.4 cm³/mol. The number of carboxylic acids is 1. The largest absolute Gasteiger partial charge is 0.477 e. The average molecular weight is 281 g/mol. The van der Waals surface area contributed by atoms with Crippen molar-refractivity contribution in [1.82, 2.24) is 15.0 Å². The highest BCUT2D eigenvalue weighted by atomic mass is 19.1. The van der Waals surface area contributed by atoms with Crippen LogP contribution in [0, 0.1) is 11.9 Å². The summed E-state index contributed by atoms with van der Waals surface area (Å²) in [6, 6.07) is 2.07. The molecule has 2 aromatic heterocycles. The van der Waals surface area contributed by atoms with Gasteiger partial charge >= 0.3 is 5.97 Å². The van der Waals surface area contributed by atoms with Gasteiger partial charge in [-0.2, -0.15) is 13.8 Å². The minimum atomic E-state index is -1.27. The van der Waals surface area contributed by atoms with Gasteiger partial charge in [0.2, 0.25) is 11.9 Å². The number of pyridine rings is 1. The van der Waals surface area contributed by atoms with E-state index in [1.807, 2.05) is 20.8 Å². The highest BCUT2D eigenvalue weighted by Crippen LogP contribution is 2.28. The fraction of sp³-hybridized carbons (Fsp3) is 0.308. The van der Waals surface area contributed by atoms with Crippen molar-refractivity contribution in [2.24, 2.45) is 0 Å². The molecule has 0 aliphatic heterocycles. The Labute approximate surface area is 113 Å². The molecule has 2 aromatic rings. The molecule has 0 amide bonds. The molecule has 0 atom stereocenters. The van der Waals surface area contributed by atoms with Crippen LogP contribution in [0.15, 0.2) is 12.1 Å². The third-order valence-electron chi connectivity index (χ3n) is 2.70. The van der Waals surface area contributed by atoms with E-state index in [9.17, 15) is 13.6 Å². The summed E-state index contributed by atoms with van der Waals surface area (Å²) in [6.07, 6.45) is 0. The first-order chi connectivity index (χ1) is 9.20. The Morgan fingerprint density at radius 2 is 1.90 bits per heavy atom. The lowest BCUT2D eigenvalue weighted by Crippen LogP contribution is -2.13. The molecule has 0 fully saturated rings. The molecule has 0 radical (unpaired) electrons. The van der Waals surface area contributed by atoms with Gasteiger partial charge in [0.05, 0.1) is 5.56 Å². The molecule has 0 bridgehead atoms. The molecule has 0 saturated carbocycles. The first-order valence-corrected chi connectivity index (χ1v) is 5.86. The molecule has 0 saturated heterocycles. The molecule has 0 aliphatic rings. The molecule has 0 aromatic carbocycles. The normalized spacial score (nSPS) is 11.7. The number of hydrogen-bond donors (Lipinski definition) is 2. The summed E-state index contributed by atoms with van der Waals surface area (Å²) in [7, 11) is 0. The Kier molecular flexibility index (Phi) is 3.29. The van der Waals surface area contributed by atoms with Crippen LogP contribution >= 0.6 is 0 Å².